The van der Waals surface area contributed by atoms with Gasteiger partial charge in [-0.25, -0.2) is 8.42 Å². The lowest BCUT2D eigenvalue weighted by Gasteiger charge is -2.32. The normalized spacial score (nSPS) is 17.2. The van der Waals surface area contributed by atoms with Crippen LogP contribution < -0.4 is 15.8 Å². The molecule has 1 saturated heterocycles. The number of amides is 2. The van der Waals surface area contributed by atoms with Crippen molar-refractivity contribution in [3.63, 3.8) is 0 Å². The van der Waals surface area contributed by atoms with Gasteiger partial charge in [-0.2, -0.15) is 4.31 Å². The third kappa shape index (κ3) is 5.39. The van der Waals surface area contributed by atoms with Gasteiger partial charge in [0, 0.05) is 30.9 Å². The standard InChI is InChI=1S/C21H26N4O5S/c1-3-20(26)24-15-6-7-19(14(2)11-15)31(28,29)25-10-4-5-17(13-25)30-16-8-9-23-18(12-16)21(22)27/h6-9,11-12,17H,3-5,10,13H2,1-2H3,(H2,22,27)(H,24,26). The largest absolute Gasteiger partial charge is 0.489 e. The van der Waals surface area contributed by atoms with E-state index in [1.807, 2.05) is 0 Å². The third-order valence-corrected chi connectivity index (χ3v) is 7.05. The van der Waals surface area contributed by atoms with Gasteiger partial charge >= 0.3 is 0 Å². The first kappa shape index (κ1) is 22.7. The Morgan fingerprint density at radius 2 is 2.06 bits per heavy atom. The molecule has 1 unspecified atom stereocenters. The van der Waals surface area contributed by atoms with E-state index >= 15 is 0 Å². The molecule has 166 valence electrons. The molecule has 0 saturated carbocycles. The molecule has 1 aliphatic rings. The average Bonchev–Trinajstić information content (AvgIpc) is 2.74. The number of carbonyl (C=O) groups is 2. The maximum absolute atomic E-state index is 13.3. The molecule has 3 N–H and O–H groups in total. The highest BCUT2D eigenvalue weighted by Crippen LogP contribution is 2.27. The highest BCUT2D eigenvalue weighted by Gasteiger charge is 2.32. The Labute approximate surface area is 181 Å². The van der Waals surface area contributed by atoms with Crippen LogP contribution in [-0.4, -0.2) is 48.7 Å². The second-order valence-electron chi connectivity index (χ2n) is 7.37. The third-order valence-electron chi connectivity index (χ3n) is 5.03. The van der Waals surface area contributed by atoms with Gasteiger partial charge in [0.25, 0.3) is 5.91 Å². The molecule has 10 heteroatoms. The van der Waals surface area contributed by atoms with E-state index < -0.39 is 15.9 Å². The summed E-state index contributed by atoms with van der Waals surface area (Å²) in [4.78, 5) is 27.0. The minimum atomic E-state index is -3.74. The summed E-state index contributed by atoms with van der Waals surface area (Å²) in [6, 6.07) is 7.81. The summed E-state index contributed by atoms with van der Waals surface area (Å²) in [5.41, 5.74) is 6.45. The number of nitrogens with one attached hydrogen (secondary N) is 1. The first-order chi connectivity index (χ1) is 14.7. The number of hydrogen-bond donors (Lipinski definition) is 2. The summed E-state index contributed by atoms with van der Waals surface area (Å²) in [7, 11) is -3.74. The number of ether oxygens (including phenoxy) is 1. The van der Waals surface area contributed by atoms with Gasteiger partial charge in [0.05, 0.1) is 11.4 Å². The van der Waals surface area contributed by atoms with Crippen molar-refractivity contribution >= 4 is 27.5 Å². The summed E-state index contributed by atoms with van der Waals surface area (Å²) in [5.74, 6) is -0.380. The van der Waals surface area contributed by atoms with Crippen LogP contribution in [0.4, 0.5) is 5.69 Å². The van der Waals surface area contributed by atoms with Crippen LogP contribution in [0.3, 0.4) is 0 Å². The zero-order valence-electron chi connectivity index (χ0n) is 17.5. The van der Waals surface area contributed by atoms with E-state index in [4.69, 9.17) is 10.5 Å². The van der Waals surface area contributed by atoms with Gasteiger partial charge in [-0.05, 0) is 49.6 Å². The van der Waals surface area contributed by atoms with Crippen LogP contribution in [0.5, 0.6) is 5.75 Å². The molecule has 1 atom stereocenters. The second-order valence-corrected chi connectivity index (χ2v) is 9.27. The lowest BCUT2D eigenvalue weighted by Crippen LogP contribution is -2.44. The fraction of sp³-hybridized carbons (Fsp3) is 0.381. The molecule has 0 spiro atoms. The predicted octanol–water partition coefficient (Wildman–Crippen LogP) is 2.07. The van der Waals surface area contributed by atoms with Crippen molar-refractivity contribution in [2.75, 3.05) is 18.4 Å². The molecule has 2 amide bonds. The molecule has 2 heterocycles. The highest BCUT2D eigenvalue weighted by molar-refractivity contribution is 7.89. The van der Waals surface area contributed by atoms with Gasteiger partial charge in [0.1, 0.15) is 17.5 Å². The Morgan fingerprint density at radius 3 is 2.74 bits per heavy atom. The molecule has 2 aromatic rings. The topological polar surface area (TPSA) is 132 Å². The Morgan fingerprint density at radius 1 is 1.29 bits per heavy atom. The number of nitrogens with two attached hydrogens (primary N) is 1. The van der Waals surface area contributed by atoms with E-state index in [9.17, 15) is 18.0 Å². The van der Waals surface area contributed by atoms with Crippen LogP contribution in [0.15, 0.2) is 41.4 Å². The van der Waals surface area contributed by atoms with Gasteiger partial charge in [0.2, 0.25) is 15.9 Å². The number of benzene rings is 1. The number of aromatic nitrogens is 1. The van der Waals surface area contributed by atoms with E-state index in [1.54, 1.807) is 32.0 Å². The summed E-state index contributed by atoms with van der Waals surface area (Å²) in [5, 5.41) is 2.73. The van der Waals surface area contributed by atoms with E-state index in [0.717, 1.165) is 0 Å². The van der Waals surface area contributed by atoms with Gasteiger partial charge in [-0.3, -0.25) is 14.6 Å². The summed E-state index contributed by atoms with van der Waals surface area (Å²) in [6.45, 7) is 4.02. The first-order valence-electron chi connectivity index (χ1n) is 10.0. The van der Waals surface area contributed by atoms with Crippen molar-refractivity contribution in [3.8, 4) is 5.75 Å². The molecular formula is C21H26N4O5S. The minimum absolute atomic E-state index is 0.0867. The summed E-state index contributed by atoms with van der Waals surface area (Å²) < 4.78 is 33.8. The van der Waals surface area contributed by atoms with Crippen LogP contribution in [0, 0.1) is 6.92 Å². The van der Waals surface area contributed by atoms with Crippen molar-refractivity contribution in [1.82, 2.24) is 9.29 Å². The minimum Gasteiger partial charge on any atom is -0.489 e. The van der Waals surface area contributed by atoms with E-state index in [1.165, 1.54) is 22.6 Å². The first-order valence-corrected chi connectivity index (χ1v) is 11.5. The lowest BCUT2D eigenvalue weighted by atomic mass is 10.1. The number of rotatable bonds is 7. The molecule has 1 fully saturated rings. The summed E-state index contributed by atoms with van der Waals surface area (Å²) >= 11 is 0. The molecule has 31 heavy (non-hydrogen) atoms. The highest BCUT2D eigenvalue weighted by atomic mass is 32.2. The van der Waals surface area contributed by atoms with Crippen molar-refractivity contribution in [2.45, 2.75) is 44.1 Å². The lowest BCUT2D eigenvalue weighted by molar-refractivity contribution is -0.115. The van der Waals surface area contributed by atoms with Crippen molar-refractivity contribution in [2.24, 2.45) is 5.73 Å². The van der Waals surface area contributed by atoms with Crippen LogP contribution >= 0.6 is 0 Å². The molecule has 0 aliphatic carbocycles. The number of pyridine rings is 1. The van der Waals surface area contributed by atoms with Crippen molar-refractivity contribution in [3.05, 3.63) is 47.8 Å². The van der Waals surface area contributed by atoms with Crippen LogP contribution in [0.1, 0.15) is 42.2 Å². The number of primary amides is 1. The predicted molar refractivity (Wildman–Crippen MR) is 115 cm³/mol. The smallest absolute Gasteiger partial charge is 0.267 e. The Hall–Kier alpha value is -2.98. The maximum atomic E-state index is 13.3. The summed E-state index contributed by atoms with van der Waals surface area (Å²) in [6.07, 6.45) is 2.72. The van der Waals surface area contributed by atoms with Gasteiger partial charge in [0.15, 0.2) is 0 Å². The molecule has 1 aromatic carbocycles. The van der Waals surface area contributed by atoms with E-state index in [2.05, 4.69) is 10.3 Å². The Kier molecular flexibility index (Phi) is 6.91. The van der Waals surface area contributed by atoms with Gasteiger partial charge < -0.3 is 15.8 Å². The number of piperidine rings is 1. The fourth-order valence-electron chi connectivity index (χ4n) is 3.44. The molecule has 1 aromatic heterocycles. The zero-order chi connectivity index (χ0) is 22.6. The van der Waals surface area contributed by atoms with E-state index in [-0.39, 0.29) is 29.1 Å². The van der Waals surface area contributed by atoms with Crippen LogP contribution in [-0.2, 0) is 14.8 Å². The number of carbonyl (C=O) groups excluding carboxylic acids is 2. The Balaban J connectivity index is 1.75. The van der Waals surface area contributed by atoms with Crippen molar-refractivity contribution < 1.29 is 22.7 Å². The number of anilines is 1. The number of aryl methyl sites for hydroxylation is 1. The molecule has 3 rings (SSSR count). The average molecular weight is 447 g/mol. The molecule has 0 radical (unpaired) electrons. The Bertz CT molecular complexity index is 1090. The molecule has 0 bridgehead atoms. The zero-order valence-corrected chi connectivity index (χ0v) is 18.3. The van der Waals surface area contributed by atoms with Gasteiger partial charge in [-0.1, -0.05) is 6.92 Å². The SMILES string of the molecule is CCC(=O)Nc1ccc(S(=O)(=O)N2CCCC(Oc3ccnc(C(N)=O)c3)C2)c(C)c1. The van der Waals surface area contributed by atoms with Gasteiger partial charge in [-0.15, -0.1) is 0 Å². The maximum Gasteiger partial charge on any atom is 0.267 e. The van der Waals surface area contributed by atoms with Crippen LogP contribution in [0.2, 0.25) is 0 Å². The van der Waals surface area contributed by atoms with E-state index in [0.29, 0.717) is 42.8 Å². The van der Waals surface area contributed by atoms with Crippen molar-refractivity contribution in [1.29, 1.82) is 0 Å². The van der Waals surface area contributed by atoms with Crippen LogP contribution in [0.25, 0.3) is 0 Å². The number of nitrogens with zero attached hydrogens (tertiary/aromatic N) is 2. The molecule has 1 aliphatic heterocycles. The second kappa shape index (κ2) is 9.44. The number of hydrogen-bond acceptors (Lipinski definition) is 6. The molecular weight excluding hydrogens is 420 g/mol. The fourth-order valence-corrected chi connectivity index (χ4v) is 5.15. The monoisotopic (exact) mass is 446 g/mol. The number of sulfonamides is 1. The quantitative estimate of drug-likeness (QED) is 0.669. The molecule has 9 nitrogen and oxygen atoms in total.